The van der Waals surface area contributed by atoms with Gasteiger partial charge in [-0.25, -0.2) is 4.79 Å². The van der Waals surface area contributed by atoms with E-state index in [1.807, 2.05) is 42.5 Å². The van der Waals surface area contributed by atoms with E-state index in [2.05, 4.69) is 32.5 Å². The largest absolute Gasteiger partial charge is 0.448 e. The number of benzene rings is 2. The second kappa shape index (κ2) is 15.6. The van der Waals surface area contributed by atoms with Crippen molar-refractivity contribution in [1.82, 2.24) is 20.0 Å². The Hall–Kier alpha value is -4.26. The molecule has 4 heterocycles. The molecule has 11 nitrogen and oxygen atoms in total. The number of unbranched alkanes of at least 4 members (excludes halogenated alkanes) is 2. The molecule has 2 saturated heterocycles. The van der Waals surface area contributed by atoms with Crippen LogP contribution in [0.2, 0.25) is 0 Å². The fourth-order valence-electron chi connectivity index (χ4n) is 6.01. The van der Waals surface area contributed by atoms with Gasteiger partial charge >= 0.3 is 6.09 Å². The van der Waals surface area contributed by atoms with Crippen molar-refractivity contribution in [2.45, 2.75) is 45.1 Å². The predicted octanol–water partition coefficient (Wildman–Crippen LogP) is 5.93. The maximum Gasteiger partial charge on any atom is 0.435 e. The molecule has 12 heteroatoms. The lowest BCUT2D eigenvalue weighted by atomic mass is 10.1. The first-order valence-corrected chi connectivity index (χ1v) is 17.3. The molecule has 2 N–H and O–H groups in total. The van der Waals surface area contributed by atoms with Crippen LogP contribution in [0, 0.1) is 0 Å². The molecule has 2 aromatic carbocycles. The second-order valence-corrected chi connectivity index (χ2v) is 13.0. The van der Waals surface area contributed by atoms with E-state index in [9.17, 15) is 14.4 Å². The van der Waals surface area contributed by atoms with Crippen LogP contribution in [0.5, 0.6) is 0 Å². The van der Waals surface area contributed by atoms with Gasteiger partial charge in [0.1, 0.15) is 0 Å². The summed E-state index contributed by atoms with van der Waals surface area (Å²) < 4.78 is 12.6. The lowest BCUT2D eigenvalue weighted by molar-refractivity contribution is 0.0930. The summed E-state index contributed by atoms with van der Waals surface area (Å²) >= 11 is 1.19. The molecular weight excluding hydrogens is 616 g/mol. The monoisotopic (exact) mass is 658 g/mol. The Kier molecular flexibility index (Phi) is 10.8. The topological polar surface area (TPSA) is 118 Å². The van der Waals surface area contributed by atoms with Crippen LogP contribution in [0.4, 0.5) is 16.3 Å². The minimum absolute atomic E-state index is 0.202. The molecule has 0 unspecified atom stereocenters. The summed E-state index contributed by atoms with van der Waals surface area (Å²) in [5.74, 6) is -0.415. The van der Waals surface area contributed by atoms with Gasteiger partial charge in [0, 0.05) is 30.9 Å². The number of rotatable bonds is 12. The quantitative estimate of drug-likeness (QED) is 0.180. The van der Waals surface area contributed by atoms with E-state index in [4.69, 9.17) is 9.47 Å². The number of carbonyl (C=O) groups is 3. The van der Waals surface area contributed by atoms with Crippen molar-refractivity contribution in [2.24, 2.45) is 0 Å². The zero-order valence-electron chi connectivity index (χ0n) is 26.8. The number of aromatic nitrogens is 2. The van der Waals surface area contributed by atoms with E-state index in [0.29, 0.717) is 40.4 Å². The number of fused-ring (bicyclic) bond motifs is 1. The number of carbonyl (C=O) groups excluding carboxylic acids is 3. The first-order valence-electron chi connectivity index (χ1n) is 16.5. The third-order valence-corrected chi connectivity index (χ3v) is 9.74. The Morgan fingerprint density at radius 1 is 0.957 bits per heavy atom. The number of ether oxygens (including phenoxy) is 2. The average Bonchev–Trinajstić information content (AvgIpc) is 3.86. The number of nitrogens with zero attached hydrogens (tertiary/aromatic N) is 4. The molecule has 0 spiro atoms. The van der Waals surface area contributed by atoms with Gasteiger partial charge < -0.3 is 29.9 Å². The summed E-state index contributed by atoms with van der Waals surface area (Å²) in [4.78, 5) is 45.3. The second-order valence-electron chi connectivity index (χ2n) is 12.0. The lowest BCUT2D eigenvalue weighted by Crippen LogP contribution is -2.36. The van der Waals surface area contributed by atoms with Crippen molar-refractivity contribution in [1.29, 1.82) is 0 Å². The van der Waals surface area contributed by atoms with Crippen LogP contribution in [0.25, 0.3) is 10.2 Å². The molecule has 1 atom stereocenters. The Morgan fingerprint density at radius 3 is 2.43 bits per heavy atom. The number of hydrogen-bond donors (Lipinski definition) is 2. The minimum Gasteiger partial charge on any atom is -0.448 e. The molecule has 2 aromatic heterocycles. The zero-order chi connectivity index (χ0) is 32.6. The average molecular weight is 659 g/mol. The summed E-state index contributed by atoms with van der Waals surface area (Å²) in [7, 11) is 0. The van der Waals surface area contributed by atoms with E-state index < -0.39 is 6.09 Å². The zero-order valence-corrected chi connectivity index (χ0v) is 27.6. The van der Waals surface area contributed by atoms with Gasteiger partial charge in [0.25, 0.3) is 11.8 Å². The Bertz CT molecular complexity index is 1660. The molecular formula is C35H42N6O5S. The maximum absolute atomic E-state index is 13.7. The van der Waals surface area contributed by atoms with Crippen molar-refractivity contribution >= 4 is 51.0 Å². The van der Waals surface area contributed by atoms with Gasteiger partial charge in [0.2, 0.25) is 0 Å². The highest BCUT2D eigenvalue weighted by atomic mass is 32.1. The third kappa shape index (κ3) is 8.01. The van der Waals surface area contributed by atoms with E-state index in [1.165, 1.54) is 11.3 Å². The number of morpholine rings is 1. The van der Waals surface area contributed by atoms with Crippen molar-refractivity contribution in [3.8, 4) is 0 Å². The van der Waals surface area contributed by atoms with Crippen molar-refractivity contribution in [2.75, 3.05) is 62.8 Å². The van der Waals surface area contributed by atoms with Crippen molar-refractivity contribution in [3.63, 3.8) is 0 Å². The van der Waals surface area contributed by atoms with E-state index >= 15 is 0 Å². The number of nitrogens with one attached hydrogen (secondary N) is 2. The molecule has 0 aliphatic carbocycles. The first-order chi connectivity index (χ1) is 23.0. The first kappa shape index (κ1) is 32.7. The molecule has 4 aromatic rings. The Balaban J connectivity index is 1.24. The molecule has 2 amide bonds. The van der Waals surface area contributed by atoms with Crippen LogP contribution >= 0.6 is 11.3 Å². The highest BCUT2D eigenvalue weighted by Crippen LogP contribution is 2.33. The summed E-state index contributed by atoms with van der Waals surface area (Å²) in [6.07, 6.45) is 4.34. The van der Waals surface area contributed by atoms with Crippen LogP contribution in [0.15, 0.2) is 60.7 Å². The SMILES string of the molecule is CCCCCOC(=O)n1nc(NC(=O)c2ccc(N3CCOCC3)cc2)c2sc(C(=O)N[C@H](CN3CCCC3)c3ccccc3)cc21. The standard InChI is InChI=1S/C35H42N6O5S/c1-2-3-9-20-46-35(44)41-29-23-30(34(43)36-28(24-39-16-7-8-17-39)25-10-5-4-6-11-25)47-31(29)32(38-41)37-33(42)26-12-14-27(15-13-26)40-18-21-45-22-19-40/h4-6,10-15,23,28H,2-3,7-9,16-22,24H2,1H3,(H,36,43)(H,37,38,42)/t28-/m1/s1. The highest BCUT2D eigenvalue weighted by molar-refractivity contribution is 7.21. The van der Waals surface area contributed by atoms with Crippen LogP contribution in [-0.2, 0) is 9.47 Å². The van der Waals surface area contributed by atoms with Gasteiger partial charge in [-0.15, -0.1) is 16.4 Å². The van der Waals surface area contributed by atoms with Crippen LogP contribution in [-0.4, -0.2) is 85.1 Å². The fourth-order valence-corrected chi connectivity index (χ4v) is 6.99. The summed E-state index contributed by atoms with van der Waals surface area (Å²) in [5, 5.41) is 10.5. The summed E-state index contributed by atoms with van der Waals surface area (Å²) in [5.41, 5.74) is 2.92. The summed E-state index contributed by atoms with van der Waals surface area (Å²) in [6.45, 7) is 8.02. The third-order valence-electron chi connectivity index (χ3n) is 8.61. The van der Waals surface area contributed by atoms with Crippen molar-refractivity contribution < 1.29 is 23.9 Å². The molecule has 2 aliphatic rings. The fraction of sp³-hybridized carbons (Fsp3) is 0.429. The van der Waals surface area contributed by atoms with Crippen LogP contribution < -0.4 is 15.5 Å². The van der Waals surface area contributed by atoms with Gasteiger partial charge in [0.15, 0.2) is 5.82 Å². The van der Waals surface area contributed by atoms with Gasteiger partial charge in [-0.05, 0) is 68.2 Å². The maximum atomic E-state index is 13.7. The summed E-state index contributed by atoms with van der Waals surface area (Å²) in [6, 6.07) is 18.8. The number of likely N-dealkylation sites (tertiary alicyclic amines) is 1. The molecule has 0 radical (unpaired) electrons. The number of thiophene rings is 1. The molecule has 2 aliphatic heterocycles. The molecule has 0 bridgehead atoms. The van der Waals surface area contributed by atoms with E-state index in [0.717, 1.165) is 74.2 Å². The smallest absolute Gasteiger partial charge is 0.435 e. The molecule has 2 fully saturated rings. The molecule has 248 valence electrons. The van der Waals surface area contributed by atoms with Gasteiger partial charge in [-0.2, -0.15) is 4.68 Å². The Labute approximate surface area is 278 Å². The van der Waals surface area contributed by atoms with Gasteiger partial charge in [0.05, 0.1) is 41.0 Å². The van der Waals surface area contributed by atoms with Crippen LogP contribution in [0.1, 0.15) is 70.7 Å². The Morgan fingerprint density at radius 2 is 1.70 bits per heavy atom. The highest BCUT2D eigenvalue weighted by Gasteiger charge is 2.26. The van der Waals surface area contributed by atoms with Gasteiger partial charge in [-0.1, -0.05) is 50.1 Å². The number of anilines is 2. The lowest BCUT2D eigenvalue weighted by Gasteiger charge is -2.28. The van der Waals surface area contributed by atoms with E-state index in [-0.39, 0.29) is 30.3 Å². The van der Waals surface area contributed by atoms with E-state index in [1.54, 1.807) is 18.2 Å². The molecule has 0 saturated carbocycles. The van der Waals surface area contributed by atoms with Gasteiger partial charge in [-0.3, -0.25) is 9.59 Å². The number of hydrogen-bond acceptors (Lipinski definition) is 9. The predicted molar refractivity (Wildman–Crippen MR) is 184 cm³/mol. The molecule has 47 heavy (non-hydrogen) atoms. The normalized spacial score (nSPS) is 15.9. The minimum atomic E-state index is -0.651. The number of amides is 2. The van der Waals surface area contributed by atoms with Crippen molar-refractivity contribution in [3.05, 3.63) is 76.7 Å². The molecule has 6 rings (SSSR count). The van der Waals surface area contributed by atoms with Crippen LogP contribution in [0.3, 0.4) is 0 Å².